The van der Waals surface area contributed by atoms with Gasteiger partial charge in [0.1, 0.15) is 12.6 Å². The molecule has 0 aromatic heterocycles. The minimum atomic E-state index is -0.572. The molecule has 0 amide bonds. The van der Waals surface area contributed by atoms with E-state index in [1.54, 1.807) is 26.8 Å². The van der Waals surface area contributed by atoms with E-state index < -0.39 is 24.1 Å². The van der Waals surface area contributed by atoms with E-state index in [9.17, 15) is 14.8 Å². The first kappa shape index (κ1) is 19.6. The van der Waals surface area contributed by atoms with Crippen molar-refractivity contribution in [2.24, 2.45) is 5.92 Å². The number of quaternary nitrogens is 1. The van der Waals surface area contributed by atoms with Gasteiger partial charge in [0, 0.05) is 18.4 Å². The smallest absolute Gasteiger partial charge is 0.336 e. The topological polar surface area (TPSA) is 95.9 Å². The summed E-state index contributed by atoms with van der Waals surface area (Å²) < 4.78 is 10.4. The number of hydrogen-bond donors (Lipinski definition) is 1. The number of nitrogens with zero attached hydrogens (tertiary/aromatic N) is 1. The van der Waals surface area contributed by atoms with Gasteiger partial charge in [-0.25, -0.2) is 9.59 Å². The van der Waals surface area contributed by atoms with Crippen LogP contribution in [0.2, 0.25) is 0 Å². The number of aliphatic hydroxyl groups excluding tert-OH is 1. The van der Waals surface area contributed by atoms with Crippen molar-refractivity contribution in [3.8, 4) is 0 Å². The number of hydrogen-bond acceptors (Lipinski definition) is 6. The molecule has 2 heterocycles. The molecule has 0 spiro atoms. The highest BCUT2D eigenvalue weighted by molar-refractivity contribution is 5.88. The number of allylic oxidation sites excluding steroid dienone is 2. The van der Waals surface area contributed by atoms with Crippen LogP contribution in [0, 0.1) is 11.1 Å². The molecule has 7 nitrogen and oxygen atoms in total. The summed E-state index contributed by atoms with van der Waals surface area (Å²) >= 11 is 0. The molecule has 0 aliphatic carbocycles. The van der Waals surface area contributed by atoms with Crippen LogP contribution in [0.4, 0.5) is 0 Å². The lowest BCUT2D eigenvalue weighted by atomic mass is 9.97. The van der Waals surface area contributed by atoms with Gasteiger partial charge in [0.2, 0.25) is 0 Å². The fourth-order valence-electron chi connectivity index (χ4n) is 3.68. The fraction of sp³-hybridized carbons (Fsp3) is 0.667. The summed E-state index contributed by atoms with van der Waals surface area (Å²) in [6.45, 7) is 5.67. The first-order valence-electron chi connectivity index (χ1n) is 8.71. The van der Waals surface area contributed by atoms with Crippen LogP contribution in [-0.4, -0.2) is 60.1 Å². The van der Waals surface area contributed by atoms with Crippen molar-refractivity contribution >= 4 is 11.9 Å². The first-order valence-corrected chi connectivity index (χ1v) is 8.71. The largest absolute Gasteiger partial charge is 0.632 e. The average molecular weight is 353 g/mol. The Morgan fingerprint density at radius 2 is 1.88 bits per heavy atom. The Kier molecular flexibility index (Phi) is 6.37. The van der Waals surface area contributed by atoms with Gasteiger partial charge >= 0.3 is 11.9 Å². The number of ether oxygens (including phenoxy) is 2. The molecule has 0 bridgehead atoms. The molecular weight excluding hydrogens is 326 g/mol. The molecule has 2 rings (SSSR count). The van der Waals surface area contributed by atoms with Crippen molar-refractivity contribution in [1.82, 2.24) is 0 Å². The van der Waals surface area contributed by atoms with Crippen LogP contribution in [0.3, 0.4) is 0 Å². The normalized spacial score (nSPS) is 32.4. The number of rotatable bonds is 6. The van der Waals surface area contributed by atoms with Crippen LogP contribution in [-0.2, 0) is 19.1 Å². The number of hydroxylamine groups is 3. The molecular formula is C18H27NO6. The minimum Gasteiger partial charge on any atom is -0.632 e. The SMILES string of the molecule is C/C=C(\C)C(=O)O[C@@H]1CC[N+]2([O-])CC[C@@H](COC(=O)/C(=C/C)CO)[C@H]12. The maximum Gasteiger partial charge on any atom is 0.336 e. The van der Waals surface area contributed by atoms with E-state index in [0.717, 1.165) is 0 Å². The second kappa shape index (κ2) is 8.12. The van der Waals surface area contributed by atoms with Crippen LogP contribution >= 0.6 is 0 Å². The van der Waals surface area contributed by atoms with Crippen LogP contribution in [0.25, 0.3) is 0 Å². The average Bonchev–Trinajstić information content (AvgIpc) is 3.09. The molecule has 2 fully saturated rings. The number of carbonyl (C=O) groups is 2. The summed E-state index contributed by atoms with van der Waals surface area (Å²) in [5, 5.41) is 22.0. The Balaban J connectivity index is 2.03. The van der Waals surface area contributed by atoms with E-state index in [-0.39, 0.29) is 29.4 Å². The highest BCUT2D eigenvalue weighted by Gasteiger charge is 2.54. The quantitative estimate of drug-likeness (QED) is 0.336. The molecule has 0 aromatic rings. The molecule has 2 aliphatic heterocycles. The van der Waals surface area contributed by atoms with E-state index in [4.69, 9.17) is 14.6 Å². The predicted octanol–water partition coefficient (Wildman–Crippen LogP) is 1.45. The molecule has 0 aromatic carbocycles. The Morgan fingerprint density at radius 1 is 1.20 bits per heavy atom. The van der Waals surface area contributed by atoms with Crippen LogP contribution in [0.15, 0.2) is 23.3 Å². The highest BCUT2D eigenvalue weighted by Crippen LogP contribution is 2.41. The third-order valence-corrected chi connectivity index (χ3v) is 5.30. The molecule has 0 radical (unpaired) electrons. The summed E-state index contributed by atoms with van der Waals surface area (Å²) in [5.41, 5.74) is 0.705. The van der Waals surface area contributed by atoms with Crippen molar-refractivity contribution in [2.75, 3.05) is 26.3 Å². The molecule has 2 aliphatic rings. The molecule has 1 N–H and O–H groups in total. The van der Waals surface area contributed by atoms with Gasteiger partial charge in [0.05, 0.1) is 31.2 Å². The summed E-state index contributed by atoms with van der Waals surface area (Å²) in [6.07, 6.45) is 3.88. The van der Waals surface area contributed by atoms with E-state index in [2.05, 4.69) is 0 Å². The van der Waals surface area contributed by atoms with Gasteiger partial charge in [-0.05, 0) is 20.8 Å². The van der Waals surface area contributed by atoms with E-state index in [1.165, 1.54) is 6.08 Å². The van der Waals surface area contributed by atoms with Gasteiger partial charge < -0.3 is 24.4 Å². The Bertz CT molecular complexity index is 584. The Hall–Kier alpha value is -1.70. The molecule has 0 saturated carbocycles. The van der Waals surface area contributed by atoms with Crippen molar-refractivity contribution in [3.63, 3.8) is 0 Å². The van der Waals surface area contributed by atoms with E-state index >= 15 is 0 Å². The minimum absolute atomic E-state index is 0.0970. The highest BCUT2D eigenvalue weighted by atomic mass is 16.6. The van der Waals surface area contributed by atoms with E-state index in [1.807, 2.05) is 0 Å². The van der Waals surface area contributed by atoms with Gasteiger partial charge in [-0.3, -0.25) is 0 Å². The van der Waals surface area contributed by atoms with Gasteiger partial charge in [-0.15, -0.1) is 0 Å². The van der Waals surface area contributed by atoms with Gasteiger partial charge in [0.15, 0.2) is 6.10 Å². The Morgan fingerprint density at radius 3 is 2.48 bits per heavy atom. The maximum absolute atomic E-state index is 12.9. The standard InChI is InChI=1S/C18H27NO6/c1-4-12(3)17(21)25-15-7-9-19(23)8-6-14(16(15)19)11-24-18(22)13(5-2)10-20/h4-5,14-16,20H,6-11H2,1-3H3/b12-4+,13-5+/t14-,15+,16+,19?/m0/s1. The summed E-state index contributed by atoms with van der Waals surface area (Å²) in [5.74, 6) is -1.12. The predicted molar refractivity (Wildman–Crippen MR) is 91.0 cm³/mol. The van der Waals surface area contributed by atoms with Crippen molar-refractivity contribution < 1.29 is 28.8 Å². The lowest BCUT2D eigenvalue weighted by molar-refractivity contribution is -0.882. The summed E-state index contributed by atoms with van der Waals surface area (Å²) in [7, 11) is 0. The second-order valence-corrected chi connectivity index (χ2v) is 6.71. The van der Waals surface area contributed by atoms with Crippen LogP contribution < -0.4 is 0 Å². The third kappa shape index (κ3) is 4.11. The molecule has 7 heteroatoms. The summed E-state index contributed by atoms with van der Waals surface area (Å²) in [4.78, 5) is 23.9. The lowest BCUT2D eigenvalue weighted by Crippen LogP contribution is -2.48. The third-order valence-electron chi connectivity index (χ3n) is 5.30. The van der Waals surface area contributed by atoms with Gasteiger partial charge in [-0.2, -0.15) is 0 Å². The first-order chi connectivity index (χ1) is 11.9. The zero-order valence-electron chi connectivity index (χ0n) is 15.1. The van der Waals surface area contributed by atoms with Gasteiger partial charge in [0.25, 0.3) is 0 Å². The number of carbonyl (C=O) groups excluding carboxylic acids is 2. The maximum atomic E-state index is 12.9. The zero-order valence-corrected chi connectivity index (χ0v) is 15.1. The van der Waals surface area contributed by atoms with E-state index in [0.29, 0.717) is 31.5 Å². The van der Waals surface area contributed by atoms with Crippen molar-refractivity contribution in [1.29, 1.82) is 0 Å². The number of esters is 2. The van der Waals surface area contributed by atoms with Gasteiger partial charge in [-0.1, -0.05) is 12.2 Å². The lowest BCUT2D eigenvalue weighted by Gasteiger charge is -2.40. The molecule has 1 unspecified atom stereocenters. The fourth-order valence-corrected chi connectivity index (χ4v) is 3.68. The Labute approximate surface area is 148 Å². The molecule has 4 atom stereocenters. The number of aliphatic hydroxyl groups is 1. The zero-order chi connectivity index (χ0) is 18.6. The molecule has 2 saturated heterocycles. The monoisotopic (exact) mass is 353 g/mol. The van der Waals surface area contributed by atoms with Crippen LogP contribution in [0.5, 0.6) is 0 Å². The van der Waals surface area contributed by atoms with Crippen molar-refractivity contribution in [3.05, 3.63) is 28.5 Å². The molecule has 140 valence electrons. The summed E-state index contributed by atoms with van der Waals surface area (Å²) in [6, 6.07) is -0.399. The van der Waals surface area contributed by atoms with Crippen molar-refractivity contribution in [2.45, 2.75) is 45.8 Å². The number of fused-ring (bicyclic) bond motifs is 1. The second-order valence-electron chi connectivity index (χ2n) is 6.71. The van der Waals surface area contributed by atoms with Crippen LogP contribution in [0.1, 0.15) is 33.6 Å². The molecule has 25 heavy (non-hydrogen) atoms.